The largest absolute Gasteiger partial charge is 0.465 e. The highest BCUT2D eigenvalue weighted by atomic mass is 32.2. The molecular formula is C15H18N2O4S2. The molecule has 1 saturated heterocycles. The first kappa shape index (κ1) is 16.2. The first-order valence-electron chi connectivity index (χ1n) is 7.38. The summed E-state index contributed by atoms with van der Waals surface area (Å²) in [6.45, 7) is 3.37. The Balaban J connectivity index is 1.69. The minimum Gasteiger partial charge on any atom is -0.465 e. The number of nitrogens with one attached hydrogen (secondary N) is 1. The number of hydrogen-bond donors (Lipinski definition) is 1. The van der Waals surface area contributed by atoms with Crippen LogP contribution in [0.1, 0.15) is 34.7 Å². The zero-order valence-corrected chi connectivity index (χ0v) is 14.4. The molecule has 2 aromatic rings. The third-order valence-electron chi connectivity index (χ3n) is 3.71. The van der Waals surface area contributed by atoms with Gasteiger partial charge in [0.05, 0.1) is 12.1 Å². The number of hydrogen-bond acceptors (Lipinski definition) is 5. The lowest BCUT2D eigenvalue weighted by Gasteiger charge is -2.13. The average Bonchev–Trinajstić information content (AvgIpc) is 3.26. The van der Waals surface area contributed by atoms with Crippen molar-refractivity contribution in [3.63, 3.8) is 0 Å². The van der Waals surface area contributed by atoms with E-state index in [2.05, 4.69) is 4.72 Å². The standard InChI is InChI=1S/C15H18N2O4S2/c1-11-4-5-13(21-11)9-16-23(19,20)14-8-12(10-22-14)15(18)17-6-2-3-7-17/h4-5,8,10,16H,2-3,6-7,9H2,1H3. The molecule has 0 atom stereocenters. The minimum atomic E-state index is -3.65. The van der Waals surface area contributed by atoms with E-state index in [0.29, 0.717) is 11.3 Å². The summed E-state index contributed by atoms with van der Waals surface area (Å²) in [5, 5.41) is 1.60. The Labute approximate surface area is 139 Å². The van der Waals surface area contributed by atoms with Crippen LogP contribution < -0.4 is 4.72 Å². The summed E-state index contributed by atoms with van der Waals surface area (Å²) in [6.07, 6.45) is 2.01. The van der Waals surface area contributed by atoms with Gasteiger partial charge < -0.3 is 9.32 Å². The molecular weight excluding hydrogens is 336 g/mol. The van der Waals surface area contributed by atoms with E-state index in [1.807, 2.05) is 0 Å². The summed E-state index contributed by atoms with van der Waals surface area (Å²) in [5.41, 5.74) is 0.436. The molecule has 6 nitrogen and oxygen atoms in total. The Kier molecular flexibility index (Phi) is 4.56. The molecule has 1 aliphatic heterocycles. The van der Waals surface area contributed by atoms with Crippen LogP contribution in [-0.2, 0) is 16.6 Å². The molecule has 0 aliphatic carbocycles. The van der Waals surface area contributed by atoms with Gasteiger partial charge in [-0.2, -0.15) is 0 Å². The first-order valence-corrected chi connectivity index (χ1v) is 9.75. The molecule has 23 heavy (non-hydrogen) atoms. The topological polar surface area (TPSA) is 79.6 Å². The van der Waals surface area contributed by atoms with Crippen molar-refractivity contribution in [2.75, 3.05) is 13.1 Å². The van der Waals surface area contributed by atoms with Gasteiger partial charge in [0.15, 0.2) is 0 Å². The van der Waals surface area contributed by atoms with E-state index in [0.717, 1.165) is 43.0 Å². The Hall–Kier alpha value is -1.64. The smallest absolute Gasteiger partial charge is 0.254 e. The molecule has 124 valence electrons. The van der Waals surface area contributed by atoms with Gasteiger partial charge in [-0.3, -0.25) is 4.79 Å². The van der Waals surface area contributed by atoms with E-state index in [9.17, 15) is 13.2 Å². The predicted molar refractivity (Wildman–Crippen MR) is 86.9 cm³/mol. The highest BCUT2D eigenvalue weighted by Gasteiger charge is 2.23. The second-order valence-electron chi connectivity index (χ2n) is 5.49. The second-order valence-corrected chi connectivity index (χ2v) is 8.40. The van der Waals surface area contributed by atoms with Crippen LogP contribution in [0.2, 0.25) is 0 Å². The molecule has 1 N–H and O–H groups in total. The monoisotopic (exact) mass is 354 g/mol. The van der Waals surface area contributed by atoms with Crippen molar-refractivity contribution in [1.29, 1.82) is 0 Å². The van der Waals surface area contributed by atoms with E-state index < -0.39 is 10.0 Å². The van der Waals surface area contributed by atoms with Crippen molar-refractivity contribution in [2.24, 2.45) is 0 Å². The Morgan fingerprint density at radius 2 is 2.09 bits per heavy atom. The van der Waals surface area contributed by atoms with Gasteiger partial charge in [0.1, 0.15) is 15.7 Å². The summed E-state index contributed by atoms with van der Waals surface area (Å²) < 4.78 is 32.6. The number of furan rings is 1. The molecule has 0 aromatic carbocycles. The summed E-state index contributed by atoms with van der Waals surface area (Å²) in [5.74, 6) is 1.19. The van der Waals surface area contributed by atoms with E-state index in [4.69, 9.17) is 4.42 Å². The van der Waals surface area contributed by atoms with E-state index >= 15 is 0 Å². The fourth-order valence-corrected chi connectivity index (χ4v) is 4.68. The Morgan fingerprint density at radius 1 is 1.35 bits per heavy atom. The third-order valence-corrected chi connectivity index (χ3v) is 6.55. The van der Waals surface area contributed by atoms with Gasteiger partial charge in [-0.05, 0) is 38.0 Å². The number of thiophene rings is 1. The van der Waals surface area contributed by atoms with Crippen molar-refractivity contribution in [3.05, 3.63) is 40.7 Å². The number of aryl methyl sites for hydroxylation is 1. The molecule has 1 amide bonds. The molecule has 0 saturated carbocycles. The molecule has 1 fully saturated rings. The van der Waals surface area contributed by atoms with E-state index in [1.165, 1.54) is 6.07 Å². The van der Waals surface area contributed by atoms with Gasteiger partial charge in [-0.1, -0.05) is 0 Å². The van der Waals surface area contributed by atoms with Crippen LogP contribution in [0.3, 0.4) is 0 Å². The maximum absolute atomic E-state index is 12.3. The van der Waals surface area contributed by atoms with Gasteiger partial charge in [-0.15, -0.1) is 11.3 Å². The van der Waals surface area contributed by atoms with Crippen LogP contribution in [-0.4, -0.2) is 32.3 Å². The lowest BCUT2D eigenvalue weighted by atomic mass is 10.3. The number of nitrogens with zero attached hydrogens (tertiary/aromatic N) is 1. The van der Waals surface area contributed by atoms with Crippen molar-refractivity contribution in [3.8, 4) is 0 Å². The van der Waals surface area contributed by atoms with Gasteiger partial charge >= 0.3 is 0 Å². The van der Waals surface area contributed by atoms with Crippen molar-refractivity contribution in [2.45, 2.75) is 30.5 Å². The maximum atomic E-state index is 12.3. The van der Waals surface area contributed by atoms with Gasteiger partial charge in [0.25, 0.3) is 5.91 Å². The van der Waals surface area contributed by atoms with Crippen molar-refractivity contribution in [1.82, 2.24) is 9.62 Å². The zero-order valence-electron chi connectivity index (χ0n) is 12.7. The lowest BCUT2D eigenvalue weighted by molar-refractivity contribution is 0.0793. The predicted octanol–water partition coefficient (Wildman–Crippen LogP) is 2.36. The normalized spacial score (nSPS) is 15.3. The molecule has 2 aromatic heterocycles. The van der Waals surface area contributed by atoms with Crippen LogP contribution in [0.25, 0.3) is 0 Å². The number of carbonyl (C=O) groups is 1. The fourth-order valence-electron chi connectivity index (χ4n) is 2.49. The lowest BCUT2D eigenvalue weighted by Crippen LogP contribution is -2.27. The number of amides is 1. The first-order chi connectivity index (χ1) is 11.0. The number of likely N-dealkylation sites (tertiary alicyclic amines) is 1. The van der Waals surface area contributed by atoms with Crippen LogP contribution in [0.4, 0.5) is 0 Å². The average molecular weight is 354 g/mol. The molecule has 3 rings (SSSR count). The molecule has 0 radical (unpaired) electrons. The van der Waals surface area contributed by atoms with Gasteiger partial charge in [-0.25, -0.2) is 13.1 Å². The molecule has 3 heterocycles. The van der Waals surface area contributed by atoms with Gasteiger partial charge in [0, 0.05) is 18.5 Å². The van der Waals surface area contributed by atoms with Crippen LogP contribution in [0, 0.1) is 6.92 Å². The Morgan fingerprint density at radius 3 is 2.74 bits per heavy atom. The van der Waals surface area contributed by atoms with Gasteiger partial charge in [0.2, 0.25) is 10.0 Å². The summed E-state index contributed by atoms with van der Waals surface area (Å²) in [6, 6.07) is 4.96. The van der Waals surface area contributed by atoms with Crippen LogP contribution in [0.15, 0.2) is 32.2 Å². The zero-order chi connectivity index (χ0) is 16.4. The maximum Gasteiger partial charge on any atom is 0.254 e. The number of rotatable bonds is 5. The summed E-state index contributed by atoms with van der Waals surface area (Å²) >= 11 is 1.06. The molecule has 1 aliphatic rings. The van der Waals surface area contributed by atoms with E-state index in [1.54, 1.807) is 29.3 Å². The quantitative estimate of drug-likeness (QED) is 0.894. The van der Waals surface area contributed by atoms with Crippen LogP contribution in [0.5, 0.6) is 0 Å². The van der Waals surface area contributed by atoms with Crippen molar-refractivity contribution < 1.29 is 17.6 Å². The number of sulfonamides is 1. The molecule has 0 spiro atoms. The summed E-state index contributed by atoms with van der Waals surface area (Å²) in [7, 11) is -3.65. The Bertz CT molecular complexity index is 801. The van der Waals surface area contributed by atoms with E-state index in [-0.39, 0.29) is 16.7 Å². The third kappa shape index (κ3) is 3.65. The second kappa shape index (κ2) is 6.46. The minimum absolute atomic E-state index is 0.0868. The highest BCUT2D eigenvalue weighted by Crippen LogP contribution is 2.23. The fraction of sp³-hybridized carbons (Fsp3) is 0.400. The molecule has 8 heteroatoms. The molecule has 0 unspecified atom stereocenters. The number of carbonyl (C=O) groups excluding carboxylic acids is 1. The SMILES string of the molecule is Cc1ccc(CNS(=O)(=O)c2cc(C(=O)N3CCCC3)cs2)o1. The summed E-state index contributed by atoms with van der Waals surface area (Å²) in [4.78, 5) is 14.0. The highest BCUT2D eigenvalue weighted by molar-refractivity contribution is 7.91. The van der Waals surface area contributed by atoms with Crippen LogP contribution >= 0.6 is 11.3 Å². The molecule has 0 bridgehead atoms. The van der Waals surface area contributed by atoms with Crippen molar-refractivity contribution >= 4 is 27.3 Å².